The van der Waals surface area contributed by atoms with Gasteiger partial charge in [0.1, 0.15) is 22.1 Å². The summed E-state index contributed by atoms with van der Waals surface area (Å²) in [6, 6.07) is 21.9. The molecule has 1 unspecified atom stereocenters. The molecule has 0 saturated carbocycles. The molecular formula is C43H42ClN9O5. The maximum atomic E-state index is 13.6. The van der Waals surface area contributed by atoms with Gasteiger partial charge in [-0.1, -0.05) is 35.9 Å². The monoisotopic (exact) mass is 799 g/mol. The number of amides is 4. The number of nitrogens with one attached hydrogen (secondary N) is 4. The van der Waals surface area contributed by atoms with Gasteiger partial charge < -0.3 is 25.3 Å². The fraction of sp³-hybridized carbons (Fsp3) is 0.279. The Morgan fingerprint density at radius 2 is 1.83 bits per heavy atom. The third kappa shape index (κ3) is 8.42. The van der Waals surface area contributed by atoms with Gasteiger partial charge in [0.05, 0.1) is 23.4 Å². The van der Waals surface area contributed by atoms with Crippen LogP contribution in [0.2, 0.25) is 5.02 Å². The number of halogens is 1. The van der Waals surface area contributed by atoms with Crippen LogP contribution in [0.4, 0.5) is 5.69 Å². The second-order valence-electron chi connectivity index (χ2n) is 14.8. The Kier molecular flexibility index (Phi) is 10.9. The molecule has 8 rings (SSSR count). The minimum atomic E-state index is -0.313. The van der Waals surface area contributed by atoms with E-state index in [1.54, 1.807) is 28.9 Å². The highest BCUT2D eigenvalue weighted by Crippen LogP contribution is 2.36. The molecule has 2 fully saturated rings. The minimum Gasteiger partial charge on any atom is -0.453 e. The van der Waals surface area contributed by atoms with Crippen LogP contribution < -0.4 is 20.7 Å². The molecule has 3 aromatic heterocycles. The third-order valence-electron chi connectivity index (χ3n) is 10.6. The van der Waals surface area contributed by atoms with Crippen LogP contribution in [-0.2, 0) is 23.2 Å². The van der Waals surface area contributed by atoms with Crippen LogP contribution in [0.5, 0.6) is 11.5 Å². The summed E-state index contributed by atoms with van der Waals surface area (Å²) in [4.78, 5) is 64.7. The molecule has 0 spiro atoms. The maximum absolute atomic E-state index is 13.6. The number of aromatic amines is 1. The molecular weight excluding hydrogens is 758 g/mol. The van der Waals surface area contributed by atoms with Gasteiger partial charge in [-0.15, -0.1) is 0 Å². The zero-order valence-electron chi connectivity index (χ0n) is 32.0. The number of carbonyl (C=O) groups is 4. The Balaban J connectivity index is 0.836. The predicted octanol–water partition coefficient (Wildman–Crippen LogP) is 6.53. The molecule has 296 valence electrons. The second-order valence-corrected chi connectivity index (χ2v) is 15.2. The van der Waals surface area contributed by atoms with Gasteiger partial charge in [-0.05, 0) is 91.8 Å². The van der Waals surface area contributed by atoms with Crippen LogP contribution in [0, 0.1) is 12.8 Å². The maximum Gasteiger partial charge on any atom is 0.253 e. The number of carbonyl (C=O) groups excluding carboxylic acids is 4. The number of pyridine rings is 1. The van der Waals surface area contributed by atoms with Gasteiger partial charge in [-0.2, -0.15) is 5.10 Å². The molecule has 14 nitrogen and oxygen atoms in total. The largest absolute Gasteiger partial charge is 0.453 e. The third-order valence-corrected chi connectivity index (χ3v) is 10.9. The van der Waals surface area contributed by atoms with Gasteiger partial charge in [0.2, 0.25) is 11.8 Å². The fourth-order valence-electron chi connectivity index (χ4n) is 7.57. The molecule has 58 heavy (non-hydrogen) atoms. The number of piperidine rings is 2. The summed E-state index contributed by atoms with van der Waals surface area (Å²) in [5.74, 6) is 0.628. The van der Waals surface area contributed by atoms with Crippen LogP contribution in [0.1, 0.15) is 69.1 Å². The number of fused-ring (bicyclic) bond motifs is 1. The summed E-state index contributed by atoms with van der Waals surface area (Å²) < 4.78 is 7.89. The Hall–Kier alpha value is -6.54. The van der Waals surface area contributed by atoms with Crippen LogP contribution in [0.15, 0.2) is 85.2 Å². The van der Waals surface area contributed by atoms with Crippen LogP contribution >= 0.6 is 11.6 Å². The normalized spacial score (nSPS) is 16.9. The molecule has 0 bridgehead atoms. The lowest BCUT2D eigenvalue weighted by atomic mass is 9.90. The van der Waals surface area contributed by atoms with Gasteiger partial charge in [0, 0.05) is 62.7 Å². The predicted molar refractivity (Wildman–Crippen MR) is 219 cm³/mol. The fourth-order valence-corrected chi connectivity index (χ4v) is 7.75. The first-order chi connectivity index (χ1) is 28.1. The number of imidazole rings is 1. The van der Waals surface area contributed by atoms with Gasteiger partial charge >= 0.3 is 0 Å². The zero-order valence-corrected chi connectivity index (χ0v) is 32.8. The van der Waals surface area contributed by atoms with E-state index in [1.165, 1.54) is 6.20 Å². The molecule has 2 aliphatic heterocycles. The molecule has 4 amide bonds. The van der Waals surface area contributed by atoms with Crippen molar-refractivity contribution in [2.75, 3.05) is 25.0 Å². The summed E-state index contributed by atoms with van der Waals surface area (Å²) in [6.07, 6.45) is 6.13. The summed E-state index contributed by atoms with van der Waals surface area (Å²) in [5.41, 5.74) is 6.31. The number of anilines is 1. The van der Waals surface area contributed by atoms with Crippen LogP contribution in [0.3, 0.4) is 0 Å². The number of aryl methyl sites for hydroxylation is 2. The van der Waals surface area contributed by atoms with E-state index in [-0.39, 0.29) is 42.0 Å². The highest BCUT2D eigenvalue weighted by molar-refractivity contribution is 6.32. The number of likely N-dealkylation sites (tertiary alicyclic amines) is 1. The number of imide groups is 1. The first kappa shape index (κ1) is 38.3. The first-order valence-corrected chi connectivity index (χ1v) is 19.6. The molecule has 2 saturated heterocycles. The summed E-state index contributed by atoms with van der Waals surface area (Å²) >= 11 is 6.51. The van der Waals surface area contributed by atoms with E-state index in [9.17, 15) is 19.2 Å². The van der Waals surface area contributed by atoms with E-state index in [0.29, 0.717) is 77.1 Å². The van der Waals surface area contributed by atoms with Crippen molar-refractivity contribution in [2.45, 2.75) is 45.1 Å². The van der Waals surface area contributed by atoms with Gasteiger partial charge in [-0.3, -0.25) is 29.2 Å². The first-order valence-electron chi connectivity index (χ1n) is 19.2. The average Bonchev–Trinajstić information content (AvgIpc) is 3.82. The lowest BCUT2D eigenvalue weighted by Gasteiger charge is -2.33. The quantitative estimate of drug-likeness (QED) is 0.106. The zero-order chi connectivity index (χ0) is 40.3. The minimum absolute atomic E-state index is 0.0350. The molecule has 2 aliphatic rings. The van der Waals surface area contributed by atoms with E-state index >= 15 is 0 Å². The van der Waals surface area contributed by atoms with Crippen molar-refractivity contribution < 1.29 is 23.9 Å². The molecule has 15 heteroatoms. The summed E-state index contributed by atoms with van der Waals surface area (Å²) in [6.45, 7) is 4.17. The Bertz CT molecular complexity index is 2510. The lowest BCUT2D eigenvalue weighted by Crippen LogP contribution is -2.41. The average molecular weight is 800 g/mol. The number of aromatic nitrogens is 5. The highest BCUT2D eigenvalue weighted by Gasteiger charge is 2.28. The second kappa shape index (κ2) is 16.5. The SMILES string of the molecule is Cc1nn(C)cc1-c1nc2ncc(Cl)c(Oc3ccc(C(=O)NCc4cccc(C(=O)N5CCCC(CNc6ccc([C@@H]7CCC(=O)NC7=O)cc6)C5)c4)cc3)c2[nH]1. The van der Waals surface area contributed by atoms with E-state index in [1.807, 2.05) is 73.6 Å². The van der Waals surface area contributed by atoms with Gasteiger partial charge in [0.15, 0.2) is 11.4 Å². The van der Waals surface area contributed by atoms with Crippen LogP contribution in [0.25, 0.3) is 22.6 Å². The topological polar surface area (TPSA) is 176 Å². The van der Waals surface area contributed by atoms with Crippen molar-refractivity contribution in [1.29, 1.82) is 0 Å². The van der Waals surface area contributed by atoms with Crippen molar-refractivity contribution in [1.82, 2.24) is 40.3 Å². The number of ether oxygens (including phenoxy) is 1. The number of H-pyrrole nitrogens is 1. The molecule has 5 heterocycles. The molecule has 6 aromatic rings. The molecule has 3 aromatic carbocycles. The summed E-state index contributed by atoms with van der Waals surface area (Å²) in [7, 11) is 1.84. The summed E-state index contributed by atoms with van der Waals surface area (Å²) in [5, 5.41) is 13.6. The van der Waals surface area contributed by atoms with E-state index in [0.717, 1.165) is 40.9 Å². The van der Waals surface area contributed by atoms with Crippen molar-refractivity contribution in [3.8, 4) is 22.9 Å². The molecule has 0 aliphatic carbocycles. The number of hydrogen-bond acceptors (Lipinski definition) is 9. The highest BCUT2D eigenvalue weighted by atomic mass is 35.5. The Morgan fingerprint density at radius 1 is 1.02 bits per heavy atom. The number of nitrogens with zero attached hydrogens (tertiary/aromatic N) is 5. The van der Waals surface area contributed by atoms with Crippen molar-refractivity contribution in [3.05, 3.63) is 118 Å². The van der Waals surface area contributed by atoms with E-state index in [4.69, 9.17) is 16.3 Å². The van der Waals surface area contributed by atoms with E-state index < -0.39 is 0 Å². The van der Waals surface area contributed by atoms with Crippen molar-refractivity contribution in [3.63, 3.8) is 0 Å². The molecule has 2 atom stereocenters. The smallest absolute Gasteiger partial charge is 0.253 e. The lowest BCUT2D eigenvalue weighted by molar-refractivity contribution is -0.134. The number of hydrogen-bond donors (Lipinski definition) is 4. The van der Waals surface area contributed by atoms with Crippen molar-refractivity contribution in [2.24, 2.45) is 13.0 Å². The van der Waals surface area contributed by atoms with E-state index in [2.05, 4.69) is 36.0 Å². The standard InChI is InChI=1S/C43H42ClN9O5/c1-25-34(24-52(2)51-25)39-49-37-38(35(44)22-46-40(37)50-39)58-32-14-10-29(11-15-32)41(55)47-20-26-5-3-7-30(19-26)43(57)53-18-4-6-27(23-53)21-45-31-12-8-28(9-13-31)33-16-17-36(54)48-42(33)56/h3,5,7-15,19,22,24,27,33,45H,4,6,16-18,20-21,23H2,1-2H3,(H,47,55)(H,46,49,50)(H,48,54,56)/t27?,33-/m0/s1. The van der Waals surface area contributed by atoms with Gasteiger partial charge in [-0.25, -0.2) is 9.97 Å². The number of benzene rings is 3. The Labute approximate surface area is 339 Å². The molecule has 4 N–H and O–H groups in total. The number of rotatable bonds is 11. The Morgan fingerprint density at radius 3 is 2.59 bits per heavy atom. The molecule has 0 radical (unpaired) electrons. The van der Waals surface area contributed by atoms with Crippen molar-refractivity contribution >= 4 is 52.1 Å². The van der Waals surface area contributed by atoms with Gasteiger partial charge in [0.25, 0.3) is 11.8 Å². The van der Waals surface area contributed by atoms with Crippen LogP contribution in [-0.4, -0.2) is 72.9 Å².